The number of carbonyl (C=O) groups excluding carboxylic acids is 1. The normalized spacial score (nSPS) is 10.8. The average Bonchev–Trinajstić information content (AvgIpc) is 2.88. The van der Waals surface area contributed by atoms with Crippen LogP contribution in [0.3, 0.4) is 0 Å². The van der Waals surface area contributed by atoms with E-state index in [0.29, 0.717) is 22.3 Å². The van der Waals surface area contributed by atoms with Gasteiger partial charge in [-0.2, -0.15) is 0 Å². The SMILES string of the molecule is CC(C)c1cc(CNC(=O)c2cc(Br)ccc2Cl)on1. The van der Waals surface area contributed by atoms with Crippen molar-refractivity contribution in [2.45, 2.75) is 26.3 Å². The molecule has 0 radical (unpaired) electrons. The molecule has 0 saturated carbocycles. The number of carbonyl (C=O) groups is 1. The van der Waals surface area contributed by atoms with Crippen molar-refractivity contribution >= 4 is 33.4 Å². The second-order valence-electron chi connectivity index (χ2n) is 4.68. The van der Waals surface area contributed by atoms with Gasteiger partial charge in [-0.3, -0.25) is 4.79 Å². The minimum atomic E-state index is -0.251. The quantitative estimate of drug-likeness (QED) is 0.894. The van der Waals surface area contributed by atoms with Gasteiger partial charge in [0.2, 0.25) is 0 Å². The molecule has 1 heterocycles. The molecule has 0 atom stereocenters. The summed E-state index contributed by atoms with van der Waals surface area (Å²) in [5.74, 6) is 0.662. The molecule has 0 aliphatic heterocycles. The van der Waals surface area contributed by atoms with E-state index in [1.165, 1.54) is 0 Å². The molecule has 1 aromatic heterocycles. The van der Waals surface area contributed by atoms with E-state index in [9.17, 15) is 4.79 Å². The first-order valence-electron chi connectivity index (χ1n) is 6.16. The predicted octanol–water partition coefficient (Wildman–Crippen LogP) is 4.14. The van der Waals surface area contributed by atoms with E-state index in [-0.39, 0.29) is 12.5 Å². The van der Waals surface area contributed by atoms with Crippen LogP contribution in [0.4, 0.5) is 0 Å². The van der Waals surface area contributed by atoms with Crippen LogP contribution in [0.25, 0.3) is 0 Å². The van der Waals surface area contributed by atoms with Crippen molar-refractivity contribution in [2.75, 3.05) is 0 Å². The fraction of sp³-hybridized carbons (Fsp3) is 0.286. The number of rotatable bonds is 4. The summed E-state index contributed by atoms with van der Waals surface area (Å²) in [4.78, 5) is 12.1. The topological polar surface area (TPSA) is 55.1 Å². The molecule has 20 heavy (non-hydrogen) atoms. The molecule has 1 amide bonds. The molecular weight excluding hydrogens is 344 g/mol. The van der Waals surface area contributed by atoms with Crippen molar-refractivity contribution in [3.8, 4) is 0 Å². The zero-order valence-electron chi connectivity index (χ0n) is 11.1. The maximum Gasteiger partial charge on any atom is 0.253 e. The molecule has 0 aliphatic rings. The third-order valence-corrected chi connectivity index (χ3v) is 3.59. The lowest BCUT2D eigenvalue weighted by Gasteiger charge is -2.05. The monoisotopic (exact) mass is 356 g/mol. The van der Waals surface area contributed by atoms with Crippen LogP contribution in [0, 0.1) is 0 Å². The Morgan fingerprint density at radius 2 is 2.20 bits per heavy atom. The summed E-state index contributed by atoms with van der Waals surface area (Å²) in [6, 6.07) is 6.97. The molecule has 1 N–H and O–H groups in total. The van der Waals surface area contributed by atoms with Gasteiger partial charge in [-0.15, -0.1) is 0 Å². The fourth-order valence-corrected chi connectivity index (χ4v) is 2.18. The van der Waals surface area contributed by atoms with E-state index >= 15 is 0 Å². The second-order valence-corrected chi connectivity index (χ2v) is 6.00. The number of hydrogen-bond donors (Lipinski definition) is 1. The van der Waals surface area contributed by atoms with Gasteiger partial charge in [0.15, 0.2) is 5.76 Å². The van der Waals surface area contributed by atoms with Gasteiger partial charge in [-0.05, 0) is 24.1 Å². The highest BCUT2D eigenvalue weighted by molar-refractivity contribution is 9.10. The first-order chi connectivity index (χ1) is 9.47. The van der Waals surface area contributed by atoms with Crippen LogP contribution in [-0.2, 0) is 6.54 Å². The van der Waals surface area contributed by atoms with Gasteiger partial charge >= 0.3 is 0 Å². The van der Waals surface area contributed by atoms with Crippen molar-refractivity contribution in [1.29, 1.82) is 0 Å². The summed E-state index contributed by atoms with van der Waals surface area (Å²) in [6.45, 7) is 4.34. The van der Waals surface area contributed by atoms with Crippen LogP contribution in [-0.4, -0.2) is 11.1 Å². The molecule has 0 fully saturated rings. The Morgan fingerprint density at radius 3 is 2.85 bits per heavy atom. The predicted molar refractivity (Wildman–Crippen MR) is 80.9 cm³/mol. The van der Waals surface area contributed by atoms with Gasteiger partial charge in [0.25, 0.3) is 5.91 Å². The van der Waals surface area contributed by atoms with Crippen molar-refractivity contribution < 1.29 is 9.32 Å². The highest BCUT2D eigenvalue weighted by atomic mass is 79.9. The minimum absolute atomic E-state index is 0.251. The van der Waals surface area contributed by atoms with Gasteiger partial charge in [0.1, 0.15) is 0 Å². The number of aromatic nitrogens is 1. The van der Waals surface area contributed by atoms with Crippen molar-refractivity contribution in [3.63, 3.8) is 0 Å². The summed E-state index contributed by atoms with van der Waals surface area (Å²) >= 11 is 9.31. The summed E-state index contributed by atoms with van der Waals surface area (Å²) in [5.41, 5.74) is 1.29. The smallest absolute Gasteiger partial charge is 0.253 e. The first-order valence-corrected chi connectivity index (χ1v) is 7.33. The zero-order chi connectivity index (χ0) is 14.7. The van der Waals surface area contributed by atoms with E-state index in [4.69, 9.17) is 16.1 Å². The molecule has 6 heteroatoms. The summed E-state index contributed by atoms with van der Waals surface area (Å²) in [6.07, 6.45) is 0. The zero-order valence-corrected chi connectivity index (χ0v) is 13.5. The van der Waals surface area contributed by atoms with Gasteiger partial charge in [0, 0.05) is 10.5 Å². The number of amides is 1. The Labute approximate surface area is 130 Å². The number of benzene rings is 1. The van der Waals surface area contributed by atoms with Crippen LogP contribution in [0.1, 0.15) is 41.6 Å². The highest BCUT2D eigenvalue weighted by Gasteiger charge is 2.12. The maximum absolute atomic E-state index is 12.1. The number of halogens is 2. The van der Waals surface area contributed by atoms with Gasteiger partial charge in [-0.25, -0.2) is 0 Å². The lowest BCUT2D eigenvalue weighted by atomic mass is 10.1. The lowest BCUT2D eigenvalue weighted by molar-refractivity contribution is 0.0947. The second kappa shape index (κ2) is 6.41. The number of nitrogens with one attached hydrogen (secondary N) is 1. The molecule has 2 rings (SSSR count). The summed E-state index contributed by atoms with van der Waals surface area (Å²) in [5, 5.41) is 7.10. The molecule has 0 unspecified atom stereocenters. The molecule has 1 aromatic carbocycles. The lowest BCUT2D eigenvalue weighted by Crippen LogP contribution is -2.22. The third-order valence-electron chi connectivity index (χ3n) is 2.76. The molecule has 106 valence electrons. The molecule has 4 nitrogen and oxygen atoms in total. The highest BCUT2D eigenvalue weighted by Crippen LogP contribution is 2.21. The van der Waals surface area contributed by atoms with Gasteiger partial charge in [0.05, 0.1) is 22.8 Å². The van der Waals surface area contributed by atoms with Crippen LogP contribution in [0.5, 0.6) is 0 Å². The van der Waals surface area contributed by atoms with Crippen LogP contribution in [0.2, 0.25) is 5.02 Å². The van der Waals surface area contributed by atoms with E-state index in [1.807, 2.05) is 19.9 Å². The van der Waals surface area contributed by atoms with E-state index in [2.05, 4.69) is 26.4 Å². The van der Waals surface area contributed by atoms with Crippen molar-refractivity contribution in [3.05, 3.63) is 50.8 Å². The molecule has 0 bridgehead atoms. The van der Waals surface area contributed by atoms with E-state index in [0.717, 1.165) is 10.2 Å². The maximum atomic E-state index is 12.1. The van der Waals surface area contributed by atoms with Gasteiger partial charge in [-0.1, -0.05) is 46.5 Å². The fourth-order valence-electron chi connectivity index (χ4n) is 1.62. The summed E-state index contributed by atoms with van der Waals surface area (Å²) < 4.78 is 5.96. The average molecular weight is 358 g/mol. The number of nitrogens with zero attached hydrogens (tertiary/aromatic N) is 1. The largest absolute Gasteiger partial charge is 0.359 e. The Morgan fingerprint density at radius 1 is 1.45 bits per heavy atom. The Hall–Kier alpha value is -1.33. The van der Waals surface area contributed by atoms with E-state index in [1.54, 1.807) is 18.2 Å². The van der Waals surface area contributed by atoms with Crippen LogP contribution < -0.4 is 5.32 Å². The Kier molecular flexibility index (Phi) is 4.83. The third kappa shape index (κ3) is 3.61. The van der Waals surface area contributed by atoms with E-state index < -0.39 is 0 Å². The Balaban J connectivity index is 2.02. The van der Waals surface area contributed by atoms with Gasteiger partial charge < -0.3 is 9.84 Å². The minimum Gasteiger partial charge on any atom is -0.359 e. The van der Waals surface area contributed by atoms with Crippen LogP contribution in [0.15, 0.2) is 33.3 Å². The molecule has 0 saturated heterocycles. The first kappa shape index (κ1) is 15.1. The molecule has 0 aliphatic carbocycles. The Bertz CT molecular complexity index is 625. The summed E-state index contributed by atoms with van der Waals surface area (Å²) in [7, 11) is 0. The standard InChI is InChI=1S/C14H14BrClN2O2/c1-8(2)13-6-10(20-18-13)7-17-14(19)11-5-9(15)3-4-12(11)16/h3-6,8H,7H2,1-2H3,(H,17,19). The number of hydrogen-bond acceptors (Lipinski definition) is 3. The molecule has 2 aromatic rings. The molecular formula is C14H14BrClN2O2. The van der Waals surface area contributed by atoms with Crippen molar-refractivity contribution in [2.24, 2.45) is 0 Å². The molecule has 0 spiro atoms. The van der Waals surface area contributed by atoms with Crippen LogP contribution >= 0.6 is 27.5 Å². The van der Waals surface area contributed by atoms with Crippen molar-refractivity contribution in [1.82, 2.24) is 10.5 Å².